The quantitative estimate of drug-likeness (QED) is 0.831. The lowest BCUT2D eigenvalue weighted by Gasteiger charge is -2.26. The first kappa shape index (κ1) is 14.3. The first-order valence-electron chi connectivity index (χ1n) is 6.18. The van der Waals surface area contributed by atoms with Gasteiger partial charge in [0.05, 0.1) is 17.5 Å². The van der Waals surface area contributed by atoms with E-state index in [2.05, 4.69) is 0 Å². The molecule has 1 unspecified atom stereocenters. The molecule has 0 saturated heterocycles. The van der Waals surface area contributed by atoms with E-state index >= 15 is 0 Å². The molecule has 0 radical (unpaired) electrons. The third-order valence-corrected chi connectivity index (χ3v) is 4.00. The highest BCUT2D eigenvalue weighted by Gasteiger charge is 2.24. The fourth-order valence-electron chi connectivity index (χ4n) is 2.06. The van der Waals surface area contributed by atoms with E-state index in [-0.39, 0.29) is 6.42 Å². The molecule has 4 nitrogen and oxygen atoms in total. The van der Waals surface area contributed by atoms with Crippen molar-refractivity contribution in [2.45, 2.75) is 19.4 Å². The van der Waals surface area contributed by atoms with Gasteiger partial charge in [0.25, 0.3) is 0 Å². The zero-order chi connectivity index (χ0) is 14.5. The summed E-state index contributed by atoms with van der Waals surface area (Å²) in [5.74, 6) is -0.931. The summed E-state index contributed by atoms with van der Waals surface area (Å²) in [6, 6.07) is 12.5. The van der Waals surface area contributed by atoms with E-state index in [1.54, 1.807) is 0 Å². The third kappa shape index (κ3) is 3.24. The number of thiophene rings is 1. The Hall–Kier alpha value is -2.14. The molecule has 5 heteroatoms. The van der Waals surface area contributed by atoms with Crippen LogP contribution in [0.5, 0.6) is 0 Å². The van der Waals surface area contributed by atoms with Gasteiger partial charge in [-0.05, 0) is 24.6 Å². The highest BCUT2D eigenvalue weighted by molar-refractivity contribution is 7.16. The SMILES string of the molecule is Cc1ccc(N(C=O)C(CC(=O)O)c2ccccc2)s1. The minimum absolute atomic E-state index is 0.125. The van der Waals surface area contributed by atoms with Crippen LogP contribution in [0.25, 0.3) is 0 Å². The summed E-state index contributed by atoms with van der Waals surface area (Å²) >= 11 is 1.47. The number of carboxylic acids is 1. The lowest BCUT2D eigenvalue weighted by molar-refractivity contribution is -0.137. The second-order valence-electron chi connectivity index (χ2n) is 4.42. The van der Waals surface area contributed by atoms with Crippen molar-refractivity contribution in [3.63, 3.8) is 0 Å². The monoisotopic (exact) mass is 289 g/mol. The van der Waals surface area contributed by atoms with Gasteiger partial charge < -0.3 is 5.11 Å². The van der Waals surface area contributed by atoms with E-state index in [1.807, 2.05) is 49.4 Å². The molecule has 0 aliphatic rings. The number of anilines is 1. The second-order valence-corrected chi connectivity index (χ2v) is 5.69. The minimum Gasteiger partial charge on any atom is -0.481 e. The molecule has 0 aliphatic carbocycles. The van der Waals surface area contributed by atoms with Crippen LogP contribution in [0.4, 0.5) is 5.00 Å². The van der Waals surface area contributed by atoms with Crippen LogP contribution in [0.3, 0.4) is 0 Å². The molecule has 1 N–H and O–H groups in total. The van der Waals surface area contributed by atoms with Gasteiger partial charge in [-0.1, -0.05) is 30.3 Å². The molecule has 2 aromatic rings. The van der Waals surface area contributed by atoms with Gasteiger partial charge in [-0.15, -0.1) is 11.3 Å². The average Bonchev–Trinajstić information content (AvgIpc) is 2.85. The highest BCUT2D eigenvalue weighted by atomic mass is 32.1. The van der Waals surface area contributed by atoms with E-state index < -0.39 is 12.0 Å². The van der Waals surface area contributed by atoms with Crippen molar-refractivity contribution < 1.29 is 14.7 Å². The number of carbonyl (C=O) groups excluding carboxylic acids is 1. The Morgan fingerprint density at radius 1 is 1.30 bits per heavy atom. The lowest BCUT2D eigenvalue weighted by atomic mass is 10.0. The molecule has 20 heavy (non-hydrogen) atoms. The summed E-state index contributed by atoms with van der Waals surface area (Å²) < 4.78 is 0. The van der Waals surface area contributed by atoms with Crippen molar-refractivity contribution in [2.75, 3.05) is 4.90 Å². The Bertz CT molecular complexity index is 594. The van der Waals surface area contributed by atoms with E-state index in [9.17, 15) is 9.59 Å². The molecule has 0 spiro atoms. The predicted molar refractivity (Wildman–Crippen MR) is 79.0 cm³/mol. The molecule has 1 amide bonds. The molecule has 1 aromatic carbocycles. The Morgan fingerprint density at radius 2 is 2.00 bits per heavy atom. The number of benzene rings is 1. The number of hydrogen-bond donors (Lipinski definition) is 1. The van der Waals surface area contributed by atoms with Crippen molar-refractivity contribution in [3.05, 3.63) is 52.9 Å². The Labute approximate surface area is 121 Å². The van der Waals surface area contributed by atoms with Crippen LogP contribution in [0.2, 0.25) is 0 Å². The van der Waals surface area contributed by atoms with Gasteiger partial charge in [0.2, 0.25) is 6.41 Å². The largest absolute Gasteiger partial charge is 0.481 e. The number of aryl methyl sites for hydroxylation is 1. The van der Waals surface area contributed by atoms with Crippen LogP contribution in [-0.2, 0) is 9.59 Å². The van der Waals surface area contributed by atoms with Gasteiger partial charge in [0.15, 0.2) is 0 Å². The van der Waals surface area contributed by atoms with Gasteiger partial charge in [-0.25, -0.2) is 0 Å². The minimum atomic E-state index is -0.931. The van der Waals surface area contributed by atoms with Crippen molar-refractivity contribution in [3.8, 4) is 0 Å². The van der Waals surface area contributed by atoms with E-state index in [0.717, 1.165) is 15.4 Å². The number of aliphatic carboxylic acids is 1. The Kier molecular flexibility index (Phi) is 4.53. The molecular weight excluding hydrogens is 274 g/mol. The van der Waals surface area contributed by atoms with Crippen LogP contribution >= 0.6 is 11.3 Å². The first-order valence-corrected chi connectivity index (χ1v) is 7.00. The van der Waals surface area contributed by atoms with Crippen LogP contribution in [0.1, 0.15) is 22.9 Å². The van der Waals surface area contributed by atoms with Crippen LogP contribution < -0.4 is 4.90 Å². The second kappa shape index (κ2) is 6.34. The summed E-state index contributed by atoms with van der Waals surface area (Å²) in [6.45, 7) is 1.95. The summed E-state index contributed by atoms with van der Waals surface area (Å²) in [5.41, 5.74) is 0.813. The maximum absolute atomic E-state index is 11.5. The van der Waals surface area contributed by atoms with E-state index in [1.165, 1.54) is 16.2 Å². The number of hydrogen-bond acceptors (Lipinski definition) is 3. The number of carbonyl (C=O) groups is 2. The number of rotatable bonds is 6. The lowest BCUT2D eigenvalue weighted by Crippen LogP contribution is -2.28. The van der Waals surface area contributed by atoms with Gasteiger partial charge in [0.1, 0.15) is 0 Å². The summed E-state index contributed by atoms with van der Waals surface area (Å²) in [6.07, 6.45) is 0.575. The molecule has 0 fully saturated rings. The zero-order valence-corrected chi connectivity index (χ0v) is 11.8. The van der Waals surface area contributed by atoms with Crippen molar-refractivity contribution in [1.29, 1.82) is 0 Å². The van der Waals surface area contributed by atoms with Crippen LogP contribution in [0, 0.1) is 6.92 Å². The summed E-state index contributed by atoms with van der Waals surface area (Å²) in [5, 5.41) is 9.86. The van der Waals surface area contributed by atoms with E-state index in [4.69, 9.17) is 5.11 Å². The van der Waals surface area contributed by atoms with Crippen molar-refractivity contribution in [1.82, 2.24) is 0 Å². The Morgan fingerprint density at radius 3 is 2.50 bits per heavy atom. The van der Waals surface area contributed by atoms with E-state index in [0.29, 0.717) is 6.41 Å². The number of amides is 1. The van der Waals surface area contributed by atoms with Crippen molar-refractivity contribution >= 4 is 28.7 Å². The Balaban J connectivity index is 2.38. The number of carboxylic acid groups (broad SMARTS) is 1. The molecule has 104 valence electrons. The fourth-order valence-corrected chi connectivity index (χ4v) is 2.93. The predicted octanol–water partition coefficient (Wildman–Crippen LogP) is 3.24. The highest BCUT2D eigenvalue weighted by Crippen LogP contribution is 2.33. The topological polar surface area (TPSA) is 57.6 Å². The molecule has 1 aromatic heterocycles. The van der Waals surface area contributed by atoms with Gasteiger partial charge in [0, 0.05) is 4.88 Å². The summed E-state index contributed by atoms with van der Waals surface area (Å²) in [4.78, 5) is 25.1. The van der Waals surface area contributed by atoms with Gasteiger partial charge in [-0.3, -0.25) is 14.5 Å². The van der Waals surface area contributed by atoms with Gasteiger partial charge >= 0.3 is 5.97 Å². The maximum Gasteiger partial charge on any atom is 0.305 e. The molecule has 1 heterocycles. The number of nitrogens with zero attached hydrogens (tertiary/aromatic N) is 1. The maximum atomic E-state index is 11.5. The zero-order valence-electron chi connectivity index (χ0n) is 11.0. The molecule has 0 saturated carbocycles. The standard InChI is InChI=1S/C15H15NO3S/c1-11-7-8-14(20-11)16(10-17)13(9-15(18)19)12-5-3-2-4-6-12/h2-8,10,13H,9H2,1H3,(H,18,19). The van der Waals surface area contributed by atoms with Crippen LogP contribution in [0.15, 0.2) is 42.5 Å². The summed E-state index contributed by atoms with van der Waals surface area (Å²) in [7, 11) is 0. The smallest absolute Gasteiger partial charge is 0.305 e. The van der Waals surface area contributed by atoms with Gasteiger partial charge in [-0.2, -0.15) is 0 Å². The first-order chi connectivity index (χ1) is 9.61. The molecule has 0 aliphatic heterocycles. The van der Waals surface area contributed by atoms with Crippen molar-refractivity contribution in [2.24, 2.45) is 0 Å². The average molecular weight is 289 g/mol. The molecular formula is C15H15NO3S. The normalized spacial score (nSPS) is 11.8. The fraction of sp³-hybridized carbons (Fsp3) is 0.200. The molecule has 2 rings (SSSR count). The van der Waals surface area contributed by atoms with Crippen LogP contribution in [-0.4, -0.2) is 17.5 Å². The molecule has 0 bridgehead atoms. The molecule has 1 atom stereocenters. The third-order valence-electron chi connectivity index (χ3n) is 2.98.